The number of nitrogens with zero attached hydrogens (tertiary/aromatic N) is 1. The summed E-state index contributed by atoms with van der Waals surface area (Å²) in [7, 11) is -3.74. The molecule has 8 nitrogen and oxygen atoms in total. The number of aromatic nitrogens is 1. The predicted octanol–water partition coefficient (Wildman–Crippen LogP) is 3.41. The molecule has 2 aliphatic rings. The van der Waals surface area contributed by atoms with Crippen LogP contribution in [0.2, 0.25) is 0 Å². The molecule has 0 spiro atoms. The number of anilines is 1. The summed E-state index contributed by atoms with van der Waals surface area (Å²) in [5.74, 6) is 0.747. The molecule has 1 aliphatic heterocycles. The highest BCUT2D eigenvalue weighted by molar-refractivity contribution is 7.89. The molecule has 3 aromatic rings. The summed E-state index contributed by atoms with van der Waals surface area (Å²) in [5, 5.41) is 2.80. The number of hydrogen-bond donors (Lipinski definition) is 2. The van der Waals surface area contributed by atoms with E-state index in [1.807, 2.05) is 0 Å². The number of benzene rings is 2. The predicted molar refractivity (Wildman–Crippen MR) is 115 cm³/mol. The van der Waals surface area contributed by atoms with Crippen LogP contribution >= 0.6 is 0 Å². The van der Waals surface area contributed by atoms with Gasteiger partial charge in [0, 0.05) is 30.3 Å². The smallest absolute Gasteiger partial charge is 0.255 e. The standard InChI is InChI=1S/C22H23N3O5S/c26-21(24-16-8-9-20-19(12-16)25-22(30-20)14-6-7-14)15-3-1-5-18(11-15)31(27,28)23-13-17-4-2-10-29-17/h1,3,5,8-9,11-12,14,17,23H,2,4,6-7,10,13H2,(H,24,26). The van der Waals surface area contributed by atoms with Gasteiger partial charge in [0.15, 0.2) is 11.5 Å². The van der Waals surface area contributed by atoms with Crippen molar-refractivity contribution in [3.8, 4) is 0 Å². The van der Waals surface area contributed by atoms with E-state index in [-0.39, 0.29) is 23.1 Å². The summed E-state index contributed by atoms with van der Waals surface area (Å²) in [6, 6.07) is 11.2. The highest BCUT2D eigenvalue weighted by atomic mass is 32.2. The fourth-order valence-electron chi connectivity index (χ4n) is 3.63. The van der Waals surface area contributed by atoms with Crippen LogP contribution in [0.4, 0.5) is 5.69 Å². The van der Waals surface area contributed by atoms with Gasteiger partial charge in [-0.2, -0.15) is 0 Å². The molecule has 31 heavy (non-hydrogen) atoms. The average molecular weight is 442 g/mol. The molecule has 9 heteroatoms. The molecule has 0 radical (unpaired) electrons. The largest absolute Gasteiger partial charge is 0.440 e. The Morgan fingerprint density at radius 3 is 2.77 bits per heavy atom. The molecular weight excluding hydrogens is 418 g/mol. The van der Waals surface area contributed by atoms with E-state index in [2.05, 4.69) is 15.0 Å². The number of hydrogen-bond acceptors (Lipinski definition) is 6. The number of carbonyl (C=O) groups excluding carboxylic acids is 1. The molecule has 1 aromatic heterocycles. The number of oxazole rings is 1. The van der Waals surface area contributed by atoms with Crippen molar-refractivity contribution in [3.05, 3.63) is 53.9 Å². The third-order valence-electron chi connectivity index (χ3n) is 5.52. The van der Waals surface area contributed by atoms with E-state index in [0.29, 0.717) is 29.3 Å². The van der Waals surface area contributed by atoms with Crippen LogP contribution in [-0.2, 0) is 14.8 Å². The average Bonchev–Trinajstić information content (AvgIpc) is 3.32. The van der Waals surface area contributed by atoms with Gasteiger partial charge in [-0.1, -0.05) is 6.07 Å². The lowest BCUT2D eigenvalue weighted by atomic mass is 10.2. The normalized spacial score (nSPS) is 19.0. The number of sulfonamides is 1. The van der Waals surface area contributed by atoms with Gasteiger partial charge >= 0.3 is 0 Å². The van der Waals surface area contributed by atoms with E-state index in [0.717, 1.165) is 31.6 Å². The van der Waals surface area contributed by atoms with Crippen molar-refractivity contribution in [1.82, 2.24) is 9.71 Å². The molecule has 5 rings (SSSR count). The third kappa shape index (κ3) is 4.48. The lowest BCUT2D eigenvalue weighted by Gasteiger charge is -2.12. The summed E-state index contributed by atoms with van der Waals surface area (Å²) in [5.41, 5.74) is 2.19. The van der Waals surface area contributed by atoms with Gasteiger partial charge in [-0.05, 0) is 62.1 Å². The van der Waals surface area contributed by atoms with E-state index >= 15 is 0 Å². The van der Waals surface area contributed by atoms with Crippen molar-refractivity contribution in [2.45, 2.75) is 42.6 Å². The van der Waals surface area contributed by atoms with Crippen molar-refractivity contribution in [3.63, 3.8) is 0 Å². The Morgan fingerprint density at radius 2 is 2.00 bits per heavy atom. The summed E-state index contributed by atoms with van der Waals surface area (Å²) in [6.45, 7) is 0.878. The molecule has 1 saturated carbocycles. The highest BCUT2D eigenvalue weighted by Crippen LogP contribution is 2.40. The first-order valence-electron chi connectivity index (χ1n) is 10.4. The minimum absolute atomic E-state index is 0.0409. The number of carbonyl (C=O) groups is 1. The van der Waals surface area contributed by atoms with Crippen LogP contribution in [0.1, 0.15) is 47.8 Å². The number of rotatable bonds is 7. The van der Waals surface area contributed by atoms with Crippen LogP contribution in [-0.4, -0.2) is 38.6 Å². The molecule has 2 aromatic carbocycles. The highest BCUT2D eigenvalue weighted by Gasteiger charge is 2.29. The topological polar surface area (TPSA) is 111 Å². The molecule has 1 saturated heterocycles. The minimum Gasteiger partial charge on any atom is -0.440 e. The molecule has 2 fully saturated rings. The lowest BCUT2D eigenvalue weighted by Crippen LogP contribution is -2.32. The van der Waals surface area contributed by atoms with Gasteiger partial charge in [-0.15, -0.1) is 0 Å². The van der Waals surface area contributed by atoms with Crippen LogP contribution in [0.3, 0.4) is 0 Å². The van der Waals surface area contributed by atoms with Crippen molar-refractivity contribution in [1.29, 1.82) is 0 Å². The maximum atomic E-state index is 12.7. The molecule has 2 N–H and O–H groups in total. The van der Waals surface area contributed by atoms with E-state index in [1.54, 1.807) is 30.3 Å². The van der Waals surface area contributed by atoms with Gasteiger partial charge in [0.05, 0.1) is 11.0 Å². The van der Waals surface area contributed by atoms with E-state index in [9.17, 15) is 13.2 Å². The van der Waals surface area contributed by atoms with Crippen molar-refractivity contribution in [2.24, 2.45) is 0 Å². The van der Waals surface area contributed by atoms with E-state index < -0.39 is 15.9 Å². The summed E-state index contributed by atoms with van der Waals surface area (Å²) < 4.78 is 39.0. The summed E-state index contributed by atoms with van der Waals surface area (Å²) >= 11 is 0. The Balaban J connectivity index is 1.29. The number of nitrogens with one attached hydrogen (secondary N) is 2. The Labute approximate surface area is 180 Å². The quantitative estimate of drug-likeness (QED) is 0.581. The summed E-state index contributed by atoms with van der Waals surface area (Å²) in [6.07, 6.45) is 3.86. The Bertz CT molecular complexity index is 1230. The van der Waals surface area contributed by atoms with Crippen LogP contribution in [0, 0.1) is 0 Å². The van der Waals surface area contributed by atoms with Gasteiger partial charge in [-0.3, -0.25) is 4.79 Å². The SMILES string of the molecule is O=C(Nc1ccc2oc(C3CC3)nc2c1)c1cccc(S(=O)(=O)NCC2CCCO2)c1. The number of amides is 1. The van der Waals surface area contributed by atoms with Crippen LogP contribution in [0.15, 0.2) is 51.8 Å². The molecular formula is C22H23N3O5S. The zero-order valence-corrected chi connectivity index (χ0v) is 17.7. The Kier molecular flexibility index (Phi) is 5.25. The first-order chi connectivity index (χ1) is 15.0. The molecule has 1 unspecified atom stereocenters. The first-order valence-corrected chi connectivity index (χ1v) is 11.9. The molecule has 162 valence electrons. The maximum absolute atomic E-state index is 12.7. The zero-order valence-electron chi connectivity index (χ0n) is 16.8. The third-order valence-corrected chi connectivity index (χ3v) is 6.94. The second-order valence-corrected chi connectivity index (χ2v) is 9.74. The number of fused-ring (bicyclic) bond motifs is 1. The Morgan fingerprint density at radius 1 is 1.13 bits per heavy atom. The maximum Gasteiger partial charge on any atom is 0.255 e. The summed E-state index contributed by atoms with van der Waals surface area (Å²) in [4.78, 5) is 17.3. The second kappa shape index (κ2) is 8.07. The number of ether oxygens (including phenoxy) is 1. The van der Waals surface area contributed by atoms with Gasteiger partial charge < -0.3 is 14.5 Å². The van der Waals surface area contributed by atoms with E-state index in [4.69, 9.17) is 9.15 Å². The van der Waals surface area contributed by atoms with Crippen molar-refractivity contribution >= 4 is 32.7 Å². The van der Waals surface area contributed by atoms with Crippen LogP contribution in [0.25, 0.3) is 11.1 Å². The molecule has 0 bridgehead atoms. The Hall–Kier alpha value is -2.75. The van der Waals surface area contributed by atoms with Crippen LogP contribution < -0.4 is 10.0 Å². The van der Waals surface area contributed by atoms with Gasteiger partial charge in [-0.25, -0.2) is 18.1 Å². The molecule has 1 amide bonds. The van der Waals surface area contributed by atoms with Crippen molar-refractivity contribution < 1.29 is 22.4 Å². The first kappa shape index (κ1) is 20.2. The fraction of sp³-hybridized carbons (Fsp3) is 0.364. The lowest BCUT2D eigenvalue weighted by molar-refractivity contribution is 0.102. The van der Waals surface area contributed by atoms with E-state index in [1.165, 1.54) is 12.1 Å². The minimum atomic E-state index is -3.74. The molecule has 1 aliphatic carbocycles. The molecule has 1 atom stereocenters. The van der Waals surface area contributed by atoms with Gasteiger partial charge in [0.25, 0.3) is 5.91 Å². The molecule has 2 heterocycles. The second-order valence-electron chi connectivity index (χ2n) is 7.98. The van der Waals surface area contributed by atoms with Gasteiger partial charge in [0.1, 0.15) is 5.52 Å². The fourth-order valence-corrected chi connectivity index (χ4v) is 4.74. The zero-order chi connectivity index (χ0) is 21.4. The van der Waals surface area contributed by atoms with Crippen LogP contribution in [0.5, 0.6) is 0 Å². The monoisotopic (exact) mass is 441 g/mol. The van der Waals surface area contributed by atoms with Gasteiger partial charge in [0.2, 0.25) is 10.0 Å². The van der Waals surface area contributed by atoms with Crippen molar-refractivity contribution in [2.75, 3.05) is 18.5 Å².